The Bertz CT molecular complexity index is 501. The van der Waals surface area contributed by atoms with Gasteiger partial charge in [0, 0.05) is 48.0 Å². The Kier molecular flexibility index (Phi) is 4.03. The van der Waals surface area contributed by atoms with Crippen LogP contribution in [-0.2, 0) is 17.3 Å². The van der Waals surface area contributed by atoms with Gasteiger partial charge in [0.2, 0.25) is 0 Å². The van der Waals surface area contributed by atoms with E-state index in [4.69, 9.17) is 0 Å². The Morgan fingerprint density at radius 2 is 1.80 bits per heavy atom. The van der Waals surface area contributed by atoms with Crippen molar-refractivity contribution in [2.24, 2.45) is 0 Å². The lowest BCUT2D eigenvalue weighted by Gasteiger charge is -2.29. The van der Waals surface area contributed by atoms with Crippen molar-refractivity contribution in [1.29, 1.82) is 0 Å². The van der Waals surface area contributed by atoms with Crippen LogP contribution in [-0.4, -0.2) is 34.8 Å². The van der Waals surface area contributed by atoms with Crippen molar-refractivity contribution < 1.29 is 13.0 Å². The molecule has 0 unspecified atom stereocenters. The van der Waals surface area contributed by atoms with Crippen molar-refractivity contribution in [1.82, 2.24) is 5.32 Å². The topological polar surface area (TPSA) is 32.3 Å². The molecule has 1 saturated heterocycles. The normalized spacial score (nSPS) is 20.4. The molecule has 2 fully saturated rings. The fourth-order valence-electron chi connectivity index (χ4n) is 2.43. The zero-order valence-electron chi connectivity index (χ0n) is 11.2. The van der Waals surface area contributed by atoms with Crippen molar-refractivity contribution in [2.75, 3.05) is 29.5 Å². The van der Waals surface area contributed by atoms with Crippen LogP contribution < -0.4 is 10.2 Å². The number of nitrogens with one attached hydrogen (secondary N) is 1. The minimum Gasteiger partial charge on any atom is -0.365 e. The molecule has 1 saturated carbocycles. The molecule has 1 aliphatic heterocycles. The Labute approximate surface area is 119 Å². The number of nitrogens with zero attached hydrogens (tertiary/aromatic N) is 1. The van der Waals surface area contributed by atoms with Crippen LogP contribution in [0.15, 0.2) is 12.1 Å². The van der Waals surface area contributed by atoms with Crippen molar-refractivity contribution in [3.8, 4) is 0 Å². The Morgan fingerprint density at radius 1 is 1.20 bits per heavy atom. The predicted octanol–water partition coefficient (Wildman–Crippen LogP) is 1.79. The minimum absolute atomic E-state index is 0.0249. The van der Waals surface area contributed by atoms with E-state index in [-0.39, 0.29) is 5.69 Å². The summed E-state index contributed by atoms with van der Waals surface area (Å²) in [5.74, 6) is -0.0937. The maximum Gasteiger partial charge on any atom is 0.149 e. The van der Waals surface area contributed by atoms with Crippen molar-refractivity contribution in [3.63, 3.8) is 0 Å². The average molecular weight is 300 g/mol. The number of anilines is 1. The lowest BCUT2D eigenvalue weighted by Crippen LogP contribution is -2.38. The second-order valence-corrected chi connectivity index (χ2v) is 7.09. The SMILES string of the molecule is O=S1CCN(c2c(F)cc(CNC3CC3)cc2F)CC1. The molecule has 0 spiro atoms. The largest absolute Gasteiger partial charge is 0.365 e. The van der Waals surface area contributed by atoms with Gasteiger partial charge >= 0.3 is 0 Å². The van der Waals surface area contributed by atoms with Gasteiger partial charge < -0.3 is 10.2 Å². The number of hydrogen-bond acceptors (Lipinski definition) is 3. The molecule has 0 amide bonds. The van der Waals surface area contributed by atoms with Crippen LogP contribution in [0.2, 0.25) is 0 Å². The maximum atomic E-state index is 14.1. The van der Waals surface area contributed by atoms with Gasteiger partial charge in [-0.15, -0.1) is 0 Å². The molecule has 2 aliphatic rings. The van der Waals surface area contributed by atoms with E-state index in [1.54, 1.807) is 4.90 Å². The highest BCUT2D eigenvalue weighted by Gasteiger charge is 2.23. The summed E-state index contributed by atoms with van der Waals surface area (Å²) in [5, 5.41) is 3.24. The highest BCUT2D eigenvalue weighted by Crippen LogP contribution is 2.27. The Hall–Kier alpha value is -1.01. The van der Waals surface area contributed by atoms with Crippen molar-refractivity contribution in [3.05, 3.63) is 29.3 Å². The van der Waals surface area contributed by atoms with Crippen LogP contribution in [0.3, 0.4) is 0 Å². The first-order chi connectivity index (χ1) is 9.63. The molecule has 20 heavy (non-hydrogen) atoms. The molecule has 6 heteroatoms. The molecule has 3 rings (SSSR count). The van der Waals surface area contributed by atoms with Crippen LogP contribution in [0.4, 0.5) is 14.5 Å². The van der Waals surface area contributed by atoms with Gasteiger partial charge in [0.05, 0.1) is 0 Å². The smallest absolute Gasteiger partial charge is 0.149 e. The molecule has 1 N–H and O–H groups in total. The molecule has 0 atom stereocenters. The molecule has 1 aliphatic carbocycles. The van der Waals surface area contributed by atoms with E-state index in [1.165, 1.54) is 12.1 Å². The average Bonchev–Trinajstić information content (AvgIpc) is 3.22. The molecule has 0 bridgehead atoms. The van der Waals surface area contributed by atoms with Crippen LogP contribution in [0, 0.1) is 11.6 Å². The van der Waals surface area contributed by atoms with Crippen LogP contribution in [0.25, 0.3) is 0 Å². The number of benzene rings is 1. The first kappa shape index (κ1) is 13.9. The maximum absolute atomic E-state index is 14.1. The summed E-state index contributed by atoms with van der Waals surface area (Å²) < 4.78 is 39.6. The molecule has 0 aromatic heterocycles. The molecule has 1 aromatic rings. The van der Waals surface area contributed by atoms with Crippen LogP contribution >= 0.6 is 0 Å². The molecular weight excluding hydrogens is 282 g/mol. The highest BCUT2D eigenvalue weighted by atomic mass is 32.2. The van der Waals surface area contributed by atoms with E-state index < -0.39 is 22.4 Å². The summed E-state index contributed by atoms with van der Waals surface area (Å²) in [7, 11) is -0.850. The van der Waals surface area contributed by atoms with Crippen molar-refractivity contribution in [2.45, 2.75) is 25.4 Å². The third-order valence-corrected chi connectivity index (χ3v) is 5.02. The van der Waals surface area contributed by atoms with Gasteiger partial charge in [-0.25, -0.2) is 8.78 Å². The summed E-state index contributed by atoms with van der Waals surface area (Å²) in [5.41, 5.74) is 0.660. The van der Waals surface area contributed by atoms with E-state index in [1.807, 2.05) is 0 Å². The highest BCUT2D eigenvalue weighted by molar-refractivity contribution is 7.85. The van der Waals surface area contributed by atoms with Gasteiger partial charge in [0.25, 0.3) is 0 Å². The minimum atomic E-state index is -0.850. The van der Waals surface area contributed by atoms with Gasteiger partial charge in [-0.3, -0.25) is 4.21 Å². The predicted molar refractivity (Wildman–Crippen MR) is 76.3 cm³/mol. The van der Waals surface area contributed by atoms with Gasteiger partial charge in [-0.2, -0.15) is 0 Å². The Morgan fingerprint density at radius 3 is 2.35 bits per heavy atom. The van der Waals surface area contributed by atoms with Gasteiger partial charge in [-0.1, -0.05) is 0 Å². The zero-order chi connectivity index (χ0) is 14.1. The van der Waals surface area contributed by atoms with E-state index in [9.17, 15) is 13.0 Å². The summed E-state index contributed by atoms with van der Waals surface area (Å²) in [6.45, 7) is 1.39. The fraction of sp³-hybridized carbons (Fsp3) is 0.571. The van der Waals surface area contributed by atoms with E-state index in [0.29, 0.717) is 42.7 Å². The third-order valence-electron chi connectivity index (χ3n) is 3.74. The molecule has 1 heterocycles. The molecule has 1 aromatic carbocycles. The molecular formula is C14H18F2N2OS. The standard InChI is InChI=1S/C14H18F2N2OS/c15-12-7-10(9-17-11-1-2-11)8-13(16)14(12)18-3-5-20(19)6-4-18/h7-8,11,17H,1-6,9H2. The summed E-state index contributed by atoms with van der Waals surface area (Å²) in [6, 6.07) is 3.32. The monoisotopic (exact) mass is 300 g/mol. The Balaban J connectivity index is 1.75. The van der Waals surface area contributed by atoms with E-state index in [0.717, 1.165) is 12.8 Å². The summed E-state index contributed by atoms with van der Waals surface area (Å²) >= 11 is 0. The molecule has 3 nitrogen and oxygen atoms in total. The summed E-state index contributed by atoms with van der Waals surface area (Å²) in [4.78, 5) is 1.66. The van der Waals surface area contributed by atoms with Gasteiger partial charge in [-0.05, 0) is 30.5 Å². The number of hydrogen-bond donors (Lipinski definition) is 1. The van der Waals surface area contributed by atoms with Gasteiger partial charge in [0.15, 0.2) is 0 Å². The molecule has 110 valence electrons. The van der Waals surface area contributed by atoms with Crippen LogP contribution in [0.5, 0.6) is 0 Å². The number of halogens is 2. The quantitative estimate of drug-likeness (QED) is 0.920. The first-order valence-electron chi connectivity index (χ1n) is 6.95. The number of rotatable bonds is 4. The second kappa shape index (κ2) is 5.77. The molecule has 0 radical (unpaired) electrons. The third kappa shape index (κ3) is 3.17. The van der Waals surface area contributed by atoms with E-state index in [2.05, 4.69) is 5.32 Å². The lowest BCUT2D eigenvalue weighted by atomic mass is 10.1. The second-order valence-electron chi connectivity index (χ2n) is 5.40. The van der Waals surface area contributed by atoms with Gasteiger partial charge in [0.1, 0.15) is 17.3 Å². The van der Waals surface area contributed by atoms with E-state index >= 15 is 0 Å². The zero-order valence-corrected chi connectivity index (χ0v) is 12.0. The first-order valence-corrected chi connectivity index (χ1v) is 8.43. The van der Waals surface area contributed by atoms with Crippen molar-refractivity contribution >= 4 is 16.5 Å². The lowest BCUT2D eigenvalue weighted by molar-refractivity contribution is 0.564. The fourth-order valence-corrected chi connectivity index (χ4v) is 3.49. The van der Waals surface area contributed by atoms with Crippen LogP contribution in [0.1, 0.15) is 18.4 Å². The summed E-state index contributed by atoms with van der Waals surface area (Å²) in [6.07, 6.45) is 2.29.